The van der Waals surface area contributed by atoms with Gasteiger partial charge in [0.1, 0.15) is 12.7 Å². The molecule has 3 nitrogen and oxygen atoms in total. The van der Waals surface area contributed by atoms with Crippen LogP contribution in [0.1, 0.15) is 0 Å². The number of halogens is 1. The zero-order valence-corrected chi connectivity index (χ0v) is 8.58. The Hall–Kier alpha value is -0.930. The molecule has 0 unspecified atom stereocenters. The summed E-state index contributed by atoms with van der Waals surface area (Å²) < 4.78 is 15.7. The van der Waals surface area contributed by atoms with Gasteiger partial charge in [-0.25, -0.2) is 0 Å². The maximum atomic E-state index is 5.84. The molecule has 1 fully saturated rings. The third-order valence-electron chi connectivity index (χ3n) is 1.95. The second kappa shape index (κ2) is 4.07. The molecule has 0 spiro atoms. The number of epoxide rings is 1. The van der Waals surface area contributed by atoms with Gasteiger partial charge in [0.25, 0.3) is 0 Å². The molecule has 0 aromatic heterocycles. The first-order chi connectivity index (χ1) is 6.79. The predicted molar refractivity (Wildman–Crippen MR) is 53.2 cm³/mol. The van der Waals surface area contributed by atoms with Crippen molar-refractivity contribution in [2.24, 2.45) is 0 Å². The Morgan fingerprint density at radius 1 is 1.50 bits per heavy atom. The fourth-order valence-corrected chi connectivity index (χ4v) is 1.27. The minimum absolute atomic E-state index is 0.235. The molecule has 0 aliphatic carbocycles. The van der Waals surface area contributed by atoms with Crippen molar-refractivity contribution < 1.29 is 14.2 Å². The lowest BCUT2D eigenvalue weighted by molar-refractivity contribution is 0.252. The fraction of sp³-hybridized carbons (Fsp3) is 0.400. The highest BCUT2D eigenvalue weighted by Crippen LogP contribution is 2.30. The maximum Gasteiger partial charge on any atom is 0.162 e. The van der Waals surface area contributed by atoms with Gasteiger partial charge in [-0.05, 0) is 12.1 Å². The molecule has 1 heterocycles. The highest BCUT2D eigenvalue weighted by atomic mass is 35.5. The van der Waals surface area contributed by atoms with Crippen LogP contribution in [0.4, 0.5) is 0 Å². The van der Waals surface area contributed by atoms with Gasteiger partial charge in [-0.3, -0.25) is 0 Å². The van der Waals surface area contributed by atoms with Crippen LogP contribution >= 0.6 is 11.6 Å². The lowest BCUT2D eigenvalue weighted by Crippen LogP contribution is -2.05. The average Bonchev–Trinajstić information content (AvgIpc) is 2.98. The van der Waals surface area contributed by atoms with Crippen molar-refractivity contribution in [2.45, 2.75) is 6.10 Å². The van der Waals surface area contributed by atoms with E-state index in [0.29, 0.717) is 23.1 Å². The van der Waals surface area contributed by atoms with Crippen LogP contribution in [-0.4, -0.2) is 26.4 Å². The molecule has 76 valence electrons. The van der Waals surface area contributed by atoms with Crippen LogP contribution in [0.2, 0.25) is 5.02 Å². The summed E-state index contributed by atoms with van der Waals surface area (Å²) in [6, 6.07) is 5.29. The van der Waals surface area contributed by atoms with Crippen molar-refractivity contribution in [3.05, 3.63) is 23.2 Å². The smallest absolute Gasteiger partial charge is 0.162 e. The Morgan fingerprint density at radius 2 is 2.29 bits per heavy atom. The van der Waals surface area contributed by atoms with E-state index in [2.05, 4.69) is 0 Å². The van der Waals surface area contributed by atoms with Crippen LogP contribution in [0.25, 0.3) is 0 Å². The van der Waals surface area contributed by atoms with Gasteiger partial charge in [-0.15, -0.1) is 0 Å². The Balaban J connectivity index is 2.07. The molecule has 1 aromatic carbocycles. The van der Waals surface area contributed by atoms with E-state index >= 15 is 0 Å². The SMILES string of the molecule is COc1ccc(Cl)cc1OC[C@H]1CO1. The number of hydrogen-bond donors (Lipinski definition) is 0. The highest BCUT2D eigenvalue weighted by molar-refractivity contribution is 6.30. The van der Waals surface area contributed by atoms with Crippen molar-refractivity contribution >= 4 is 11.6 Å². The van der Waals surface area contributed by atoms with Gasteiger partial charge in [-0.2, -0.15) is 0 Å². The first-order valence-electron chi connectivity index (χ1n) is 4.37. The standard InChI is InChI=1S/C10H11ClO3/c1-12-9-3-2-7(11)4-10(9)14-6-8-5-13-8/h2-4,8H,5-6H2,1H3/t8-/m1/s1. The van der Waals surface area contributed by atoms with E-state index in [4.69, 9.17) is 25.8 Å². The Labute approximate surface area is 87.5 Å². The summed E-state index contributed by atoms with van der Waals surface area (Å²) in [5.41, 5.74) is 0. The average molecular weight is 215 g/mol. The van der Waals surface area contributed by atoms with Gasteiger partial charge in [0.2, 0.25) is 0 Å². The number of benzene rings is 1. The lowest BCUT2D eigenvalue weighted by atomic mass is 10.3. The van der Waals surface area contributed by atoms with Gasteiger partial charge in [0.15, 0.2) is 11.5 Å². The number of hydrogen-bond acceptors (Lipinski definition) is 3. The van der Waals surface area contributed by atoms with Gasteiger partial charge in [-0.1, -0.05) is 11.6 Å². The van der Waals surface area contributed by atoms with Crippen LogP contribution in [0, 0.1) is 0 Å². The third-order valence-corrected chi connectivity index (χ3v) is 2.19. The van der Waals surface area contributed by atoms with E-state index in [1.54, 1.807) is 25.3 Å². The molecule has 1 aromatic rings. The summed E-state index contributed by atoms with van der Waals surface area (Å²) in [6.07, 6.45) is 0.235. The summed E-state index contributed by atoms with van der Waals surface area (Å²) in [6.45, 7) is 1.33. The largest absolute Gasteiger partial charge is 0.493 e. The summed E-state index contributed by atoms with van der Waals surface area (Å²) in [4.78, 5) is 0. The van der Waals surface area contributed by atoms with Crippen LogP contribution in [0.15, 0.2) is 18.2 Å². The summed E-state index contributed by atoms with van der Waals surface area (Å²) in [5.74, 6) is 1.35. The van der Waals surface area contributed by atoms with Crippen LogP contribution < -0.4 is 9.47 Å². The zero-order valence-electron chi connectivity index (χ0n) is 7.83. The van der Waals surface area contributed by atoms with E-state index < -0.39 is 0 Å². The van der Waals surface area contributed by atoms with Gasteiger partial charge < -0.3 is 14.2 Å². The molecule has 1 aliphatic rings. The minimum Gasteiger partial charge on any atom is -0.493 e. The molecule has 14 heavy (non-hydrogen) atoms. The van der Waals surface area contributed by atoms with E-state index in [9.17, 15) is 0 Å². The second-order valence-corrected chi connectivity index (χ2v) is 3.50. The quantitative estimate of drug-likeness (QED) is 0.720. The van der Waals surface area contributed by atoms with Gasteiger partial charge in [0, 0.05) is 11.1 Å². The first kappa shape index (κ1) is 9.62. The third kappa shape index (κ3) is 2.30. The van der Waals surface area contributed by atoms with Crippen LogP contribution in [-0.2, 0) is 4.74 Å². The molecule has 0 saturated carbocycles. The van der Waals surface area contributed by atoms with E-state index in [1.807, 2.05) is 0 Å². The molecule has 2 rings (SSSR count). The first-order valence-corrected chi connectivity index (χ1v) is 4.75. The molecular formula is C10H11ClO3. The van der Waals surface area contributed by atoms with E-state index in [0.717, 1.165) is 6.61 Å². The molecule has 4 heteroatoms. The second-order valence-electron chi connectivity index (χ2n) is 3.06. The molecule has 0 radical (unpaired) electrons. The normalized spacial score (nSPS) is 19.1. The Bertz CT molecular complexity index is 323. The van der Waals surface area contributed by atoms with Gasteiger partial charge >= 0.3 is 0 Å². The molecule has 1 saturated heterocycles. The van der Waals surface area contributed by atoms with Crippen molar-refractivity contribution in [2.75, 3.05) is 20.3 Å². The zero-order chi connectivity index (χ0) is 9.97. The molecular weight excluding hydrogens is 204 g/mol. The molecule has 0 amide bonds. The summed E-state index contributed by atoms with van der Waals surface area (Å²) in [7, 11) is 1.60. The summed E-state index contributed by atoms with van der Waals surface area (Å²) in [5, 5.41) is 0.637. The van der Waals surface area contributed by atoms with E-state index in [1.165, 1.54) is 0 Å². The van der Waals surface area contributed by atoms with Crippen LogP contribution in [0.5, 0.6) is 11.5 Å². The Kier molecular flexibility index (Phi) is 2.79. The lowest BCUT2D eigenvalue weighted by Gasteiger charge is -2.09. The highest BCUT2D eigenvalue weighted by Gasteiger charge is 2.23. The molecule has 1 aliphatic heterocycles. The van der Waals surface area contributed by atoms with Gasteiger partial charge in [0.05, 0.1) is 13.7 Å². The van der Waals surface area contributed by atoms with Crippen LogP contribution in [0.3, 0.4) is 0 Å². The topological polar surface area (TPSA) is 31.0 Å². The molecule has 1 atom stereocenters. The molecule has 0 bridgehead atoms. The predicted octanol–water partition coefficient (Wildman–Crippen LogP) is 2.13. The summed E-state index contributed by atoms with van der Waals surface area (Å²) >= 11 is 5.84. The number of methoxy groups -OCH3 is 1. The molecule has 0 N–H and O–H groups in total. The van der Waals surface area contributed by atoms with Crippen molar-refractivity contribution in [1.29, 1.82) is 0 Å². The van der Waals surface area contributed by atoms with Crippen molar-refractivity contribution in [3.8, 4) is 11.5 Å². The Morgan fingerprint density at radius 3 is 2.93 bits per heavy atom. The van der Waals surface area contributed by atoms with Crippen molar-refractivity contribution in [3.63, 3.8) is 0 Å². The fourth-order valence-electron chi connectivity index (χ4n) is 1.11. The minimum atomic E-state index is 0.235. The number of ether oxygens (including phenoxy) is 3. The number of rotatable bonds is 4. The van der Waals surface area contributed by atoms with Crippen molar-refractivity contribution in [1.82, 2.24) is 0 Å². The maximum absolute atomic E-state index is 5.84. The van der Waals surface area contributed by atoms with E-state index in [-0.39, 0.29) is 6.10 Å². The monoisotopic (exact) mass is 214 g/mol.